The number of Topliss-reactive ketones (excluding diaryl/α,β-unsaturated/α-hetero) is 2. The van der Waals surface area contributed by atoms with Crippen molar-refractivity contribution in [1.82, 2.24) is 0 Å². The van der Waals surface area contributed by atoms with Crippen LogP contribution in [0.3, 0.4) is 0 Å². The maximum Gasteiger partial charge on any atom is 0.170 e. The summed E-state index contributed by atoms with van der Waals surface area (Å²) in [6.45, 7) is 0. The monoisotopic (exact) mass is 366 g/mol. The molecule has 0 fully saturated rings. The molecule has 2 nitrogen and oxygen atoms in total. The van der Waals surface area contributed by atoms with Gasteiger partial charge in [0.15, 0.2) is 11.6 Å². The predicted molar refractivity (Wildman–Crippen MR) is 66.2 cm³/mol. The van der Waals surface area contributed by atoms with Crippen molar-refractivity contribution in [1.29, 1.82) is 0 Å². The molecule has 2 rings (SSSR count). The summed E-state index contributed by atoms with van der Waals surface area (Å²) in [6, 6.07) is 17.7. The van der Waals surface area contributed by atoms with Crippen LogP contribution in [-0.4, -0.2) is 11.6 Å². The van der Waals surface area contributed by atoms with Crippen LogP contribution in [-0.2, 0) is 0 Å². The van der Waals surface area contributed by atoms with Gasteiger partial charge in [-0.3, -0.25) is 9.59 Å². The topological polar surface area (TPSA) is 34.1 Å². The van der Waals surface area contributed by atoms with E-state index in [1.807, 2.05) is 12.1 Å². The Balaban J connectivity index is 0.00000162. The zero-order valence-corrected chi connectivity index (χ0v) is 13.0. The molecule has 3 heteroatoms. The van der Waals surface area contributed by atoms with E-state index in [4.69, 9.17) is 0 Å². The minimum absolute atomic E-state index is 0. The van der Waals surface area contributed by atoms with Crippen molar-refractivity contribution in [3.05, 3.63) is 71.8 Å². The first-order valence-electron chi connectivity index (χ1n) is 5.44. The van der Waals surface area contributed by atoms with Crippen LogP contribution in [0.1, 0.15) is 27.1 Å². The van der Waals surface area contributed by atoms with Gasteiger partial charge in [-0.2, -0.15) is 0 Å². The van der Waals surface area contributed by atoms with E-state index in [2.05, 4.69) is 0 Å². The van der Waals surface area contributed by atoms with Crippen molar-refractivity contribution in [2.45, 2.75) is 6.42 Å². The molecule has 0 heterocycles. The Morgan fingerprint density at radius 2 is 1.00 bits per heavy atom. The normalized spacial score (nSPS) is 9.33. The van der Waals surface area contributed by atoms with Crippen molar-refractivity contribution in [3.8, 4) is 0 Å². The van der Waals surface area contributed by atoms with Crippen molar-refractivity contribution in [3.63, 3.8) is 0 Å². The molecule has 0 aliphatic rings. The largest absolute Gasteiger partial charge is 0.294 e. The summed E-state index contributed by atoms with van der Waals surface area (Å²) in [5.41, 5.74) is 1.16. The van der Waals surface area contributed by atoms with Crippen LogP contribution in [0.2, 0.25) is 0 Å². The van der Waals surface area contributed by atoms with E-state index in [1.165, 1.54) is 0 Å². The van der Waals surface area contributed by atoms with Gasteiger partial charge in [-0.25, -0.2) is 0 Å². The van der Waals surface area contributed by atoms with Crippen LogP contribution >= 0.6 is 0 Å². The van der Waals surface area contributed by atoms with Gasteiger partial charge in [0, 0.05) is 52.0 Å². The smallest absolute Gasteiger partial charge is 0.170 e. The number of ketones is 2. The average Bonchev–Trinajstić information content (AvgIpc) is 2.40. The molecule has 0 bridgehead atoms. The van der Waals surface area contributed by atoms with Gasteiger partial charge in [0.05, 0.1) is 6.42 Å². The quantitative estimate of drug-likeness (QED) is 0.614. The van der Waals surface area contributed by atoms with Crippen LogP contribution < -0.4 is 0 Å². The van der Waals surface area contributed by atoms with Crippen LogP contribution in [0, 0.1) is 40.8 Å². The summed E-state index contributed by atoms with van der Waals surface area (Å²) < 4.78 is 0. The van der Waals surface area contributed by atoms with Crippen LogP contribution in [0.15, 0.2) is 60.7 Å². The Bertz CT molecular complexity index is 471. The second kappa shape index (κ2) is 7.54. The first-order chi connectivity index (χ1) is 8.27. The van der Waals surface area contributed by atoms with Crippen molar-refractivity contribution >= 4 is 11.6 Å². The molecule has 2 aromatic carbocycles. The van der Waals surface area contributed by atoms with Crippen molar-refractivity contribution in [2.75, 3.05) is 0 Å². The fourth-order valence-electron chi connectivity index (χ4n) is 1.60. The minimum Gasteiger partial charge on any atom is -0.294 e. The standard InChI is InChI=1S/C15H12O2.Nd/c16-14(12-7-3-1-4-8-12)11-15(17)13-9-5-2-6-10-13;/h1-10H,11H2;. The Morgan fingerprint density at radius 3 is 1.33 bits per heavy atom. The fourth-order valence-corrected chi connectivity index (χ4v) is 1.60. The summed E-state index contributed by atoms with van der Waals surface area (Å²) in [7, 11) is 0. The summed E-state index contributed by atoms with van der Waals surface area (Å²) in [6.07, 6.45) is -0.0754. The zero-order chi connectivity index (χ0) is 12.1. The third-order valence-electron chi connectivity index (χ3n) is 2.51. The number of benzene rings is 2. The van der Waals surface area contributed by atoms with Gasteiger partial charge in [0.25, 0.3) is 0 Å². The zero-order valence-electron chi connectivity index (χ0n) is 9.80. The number of carbonyl (C=O) groups is 2. The fraction of sp³-hybridized carbons (Fsp3) is 0.0667. The Morgan fingerprint density at radius 1 is 0.667 bits per heavy atom. The third-order valence-corrected chi connectivity index (χ3v) is 2.51. The van der Waals surface area contributed by atoms with Crippen LogP contribution in [0.4, 0.5) is 0 Å². The summed E-state index contributed by atoms with van der Waals surface area (Å²) in [5.74, 6) is -0.279. The van der Waals surface area contributed by atoms with E-state index in [0.29, 0.717) is 11.1 Å². The second-order valence-corrected chi connectivity index (χ2v) is 3.76. The number of hydrogen-bond acceptors (Lipinski definition) is 2. The molecule has 0 spiro atoms. The summed E-state index contributed by atoms with van der Waals surface area (Å²) in [4.78, 5) is 23.6. The van der Waals surface area contributed by atoms with E-state index in [0.717, 1.165) is 0 Å². The first-order valence-corrected chi connectivity index (χ1v) is 5.44. The molecular formula is C15H12NdO2. The van der Waals surface area contributed by atoms with E-state index in [1.54, 1.807) is 48.5 Å². The minimum atomic E-state index is -0.139. The second-order valence-electron chi connectivity index (χ2n) is 3.76. The maximum atomic E-state index is 11.8. The van der Waals surface area contributed by atoms with Gasteiger partial charge >= 0.3 is 0 Å². The molecule has 0 amide bonds. The van der Waals surface area contributed by atoms with E-state index < -0.39 is 0 Å². The molecule has 0 radical (unpaired) electrons. The predicted octanol–water partition coefficient (Wildman–Crippen LogP) is 3.14. The summed E-state index contributed by atoms with van der Waals surface area (Å²) in [5, 5.41) is 0. The Kier molecular flexibility index (Phi) is 6.36. The number of rotatable bonds is 4. The SMILES string of the molecule is O=C(CC(=O)c1ccccc1)c1ccccc1.[Nd]. The molecule has 0 aliphatic carbocycles. The van der Waals surface area contributed by atoms with Crippen LogP contribution in [0.5, 0.6) is 0 Å². The van der Waals surface area contributed by atoms with E-state index >= 15 is 0 Å². The maximum absolute atomic E-state index is 11.8. The molecule has 0 aromatic heterocycles. The van der Waals surface area contributed by atoms with Gasteiger partial charge < -0.3 is 0 Å². The molecule has 18 heavy (non-hydrogen) atoms. The molecule has 0 N–H and O–H groups in total. The molecular weight excluding hydrogens is 356 g/mol. The van der Waals surface area contributed by atoms with Crippen molar-refractivity contribution < 1.29 is 50.4 Å². The van der Waals surface area contributed by atoms with Crippen LogP contribution in [0.25, 0.3) is 0 Å². The Labute approximate surface area is 139 Å². The molecule has 0 saturated heterocycles. The number of carbonyl (C=O) groups excluding carboxylic acids is 2. The van der Waals surface area contributed by atoms with Gasteiger partial charge in [0.1, 0.15) is 0 Å². The first kappa shape index (κ1) is 15.2. The van der Waals surface area contributed by atoms with Crippen molar-refractivity contribution in [2.24, 2.45) is 0 Å². The molecule has 0 aliphatic heterocycles. The third kappa shape index (κ3) is 4.10. The van der Waals surface area contributed by atoms with Gasteiger partial charge in [-0.05, 0) is 0 Å². The average molecular weight is 368 g/mol. The van der Waals surface area contributed by atoms with E-state index in [9.17, 15) is 9.59 Å². The van der Waals surface area contributed by atoms with Gasteiger partial charge in [-0.15, -0.1) is 0 Å². The molecule has 0 saturated carbocycles. The summed E-state index contributed by atoms with van der Waals surface area (Å²) >= 11 is 0. The van der Waals surface area contributed by atoms with Gasteiger partial charge in [-0.1, -0.05) is 60.7 Å². The Hall–Kier alpha value is -0.869. The molecule has 88 valence electrons. The molecule has 2 aromatic rings. The molecule has 0 unspecified atom stereocenters. The molecule has 0 atom stereocenters. The number of hydrogen-bond donors (Lipinski definition) is 0. The van der Waals surface area contributed by atoms with Gasteiger partial charge in [0.2, 0.25) is 0 Å². The van der Waals surface area contributed by atoms with E-state index in [-0.39, 0.29) is 58.8 Å².